The molecule has 0 amide bonds. The molecule has 2 fully saturated rings. The smallest absolute Gasteiger partial charge is 0.0210 e. The van der Waals surface area contributed by atoms with Gasteiger partial charge in [0, 0.05) is 43.8 Å². The van der Waals surface area contributed by atoms with Gasteiger partial charge in [0.1, 0.15) is 0 Å². The molecule has 1 aliphatic carbocycles. The van der Waals surface area contributed by atoms with Crippen LogP contribution in [0.2, 0.25) is 0 Å². The lowest BCUT2D eigenvalue weighted by atomic mass is 10.2. The van der Waals surface area contributed by atoms with E-state index < -0.39 is 0 Å². The van der Waals surface area contributed by atoms with E-state index in [1.165, 1.54) is 38.8 Å². The molecule has 1 heterocycles. The van der Waals surface area contributed by atoms with E-state index >= 15 is 0 Å². The molecule has 1 saturated carbocycles. The maximum absolute atomic E-state index is 3.75. The van der Waals surface area contributed by atoms with Crippen molar-refractivity contribution in [1.82, 2.24) is 15.1 Å². The van der Waals surface area contributed by atoms with E-state index in [4.69, 9.17) is 0 Å². The summed E-state index contributed by atoms with van der Waals surface area (Å²) >= 11 is 0. The Labute approximate surface area is 113 Å². The van der Waals surface area contributed by atoms with E-state index in [-0.39, 0.29) is 0 Å². The number of likely N-dealkylation sites (tertiary alicyclic amines) is 1. The molecule has 0 aromatic rings. The van der Waals surface area contributed by atoms with Crippen LogP contribution in [-0.4, -0.2) is 60.6 Å². The topological polar surface area (TPSA) is 18.5 Å². The van der Waals surface area contributed by atoms with Gasteiger partial charge in [0.2, 0.25) is 0 Å². The fourth-order valence-electron chi connectivity index (χ4n) is 3.10. The van der Waals surface area contributed by atoms with Gasteiger partial charge in [0.05, 0.1) is 0 Å². The molecular weight excluding hydrogens is 222 g/mol. The summed E-state index contributed by atoms with van der Waals surface area (Å²) in [6, 6.07) is 3.15. The van der Waals surface area contributed by atoms with Crippen molar-refractivity contribution in [2.24, 2.45) is 0 Å². The highest BCUT2D eigenvalue weighted by Gasteiger charge is 2.38. The number of hydrogen-bond donors (Lipinski definition) is 1. The second-order valence-electron chi connectivity index (χ2n) is 6.40. The van der Waals surface area contributed by atoms with Crippen LogP contribution in [0.15, 0.2) is 0 Å². The van der Waals surface area contributed by atoms with Gasteiger partial charge in [-0.1, -0.05) is 6.92 Å². The van der Waals surface area contributed by atoms with Crippen LogP contribution in [0, 0.1) is 0 Å². The summed E-state index contributed by atoms with van der Waals surface area (Å²) < 4.78 is 0. The van der Waals surface area contributed by atoms with Crippen LogP contribution in [0.1, 0.15) is 46.5 Å². The maximum Gasteiger partial charge on any atom is 0.0210 e. The van der Waals surface area contributed by atoms with Gasteiger partial charge >= 0.3 is 0 Å². The number of rotatable bonds is 7. The SMILES string of the molecule is CCC(C)N(C)CCNC1CC(C)N(C2CC2)C1. The monoisotopic (exact) mass is 253 g/mol. The third kappa shape index (κ3) is 3.69. The van der Waals surface area contributed by atoms with Crippen molar-refractivity contribution in [3.8, 4) is 0 Å². The Morgan fingerprint density at radius 1 is 1.39 bits per heavy atom. The Balaban J connectivity index is 1.62. The predicted octanol–water partition coefficient (Wildman–Crippen LogP) is 1.93. The summed E-state index contributed by atoms with van der Waals surface area (Å²) in [7, 11) is 2.24. The largest absolute Gasteiger partial charge is 0.311 e. The van der Waals surface area contributed by atoms with Crippen molar-refractivity contribution in [3.63, 3.8) is 0 Å². The normalized spacial score (nSPS) is 31.2. The van der Waals surface area contributed by atoms with Crippen LogP contribution in [-0.2, 0) is 0 Å². The number of likely N-dealkylation sites (N-methyl/N-ethyl adjacent to an activating group) is 1. The molecule has 1 saturated heterocycles. The molecule has 0 aromatic heterocycles. The standard InChI is InChI=1S/C15H31N3/c1-5-12(2)17(4)9-8-16-14-10-13(3)18(11-14)15-6-7-15/h12-16H,5-11H2,1-4H3. The van der Waals surface area contributed by atoms with E-state index in [1.54, 1.807) is 0 Å². The average molecular weight is 253 g/mol. The van der Waals surface area contributed by atoms with Gasteiger partial charge in [-0.25, -0.2) is 0 Å². The molecule has 106 valence electrons. The van der Waals surface area contributed by atoms with Crippen molar-refractivity contribution < 1.29 is 0 Å². The van der Waals surface area contributed by atoms with Gasteiger partial charge in [-0.2, -0.15) is 0 Å². The van der Waals surface area contributed by atoms with Crippen LogP contribution >= 0.6 is 0 Å². The Morgan fingerprint density at radius 3 is 2.72 bits per heavy atom. The van der Waals surface area contributed by atoms with Gasteiger partial charge in [0.25, 0.3) is 0 Å². The summed E-state index contributed by atoms with van der Waals surface area (Å²) in [6.07, 6.45) is 5.46. The Bertz CT molecular complexity index is 252. The first-order chi connectivity index (χ1) is 8.61. The zero-order valence-corrected chi connectivity index (χ0v) is 12.7. The van der Waals surface area contributed by atoms with Gasteiger partial charge in [-0.15, -0.1) is 0 Å². The lowest BCUT2D eigenvalue weighted by Gasteiger charge is -2.24. The number of nitrogens with zero attached hydrogens (tertiary/aromatic N) is 2. The molecule has 3 unspecified atom stereocenters. The third-order valence-electron chi connectivity index (χ3n) is 4.88. The second kappa shape index (κ2) is 6.36. The molecule has 3 nitrogen and oxygen atoms in total. The fraction of sp³-hybridized carbons (Fsp3) is 1.00. The quantitative estimate of drug-likeness (QED) is 0.748. The van der Waals surface area contributed by atoms with Crippen LogP contribution in [0.25, 0.3) is 0 Å². The van der Waals surface area contributed by atoms with E-state index in [9.17, 15) is 0 Å². The molecule has 1 aliphatic heterocycles. The molecule has 3 atom stereocenters. The van der Waals surface area contributed by atoms with Crippen molar-refractivity contribution in [3.05, 3.63) is 0 Å². The molecule has 0 spiro atoms. The van der Waals surface area contributed by atoms with Gasteiger partial charge in [-0.05, 0) is 46.6 Å². The minimum absolute atomic E-state index is 0.706. The van der Waals surface area contributed by atoms with Crippen LogP contribution in [0.5, 0.6) is 0 Å². The highest BCUT2D eigenvalue weighted by molar-refractivity contribution is 4.95. The van der Waals surface area contributed by atoms with E-state index in [0.29, 0.717) is 6.04 Å². The van der Waals surface area contributed by atoms with E-state index in [1.807, 2.05) is 0 Å². The minimum atomic E-state index is 0.706. The molecule has 0 aromatic carbocycles. The Hall–Kier alpha value is -0.120. The van der Waals surface area contributed by atoms with Gasteiger partial charge in [0.15, 0.2) is 0 Å². The molecule has 2 aliphatic rings. The lowest BCUT2D eigenvalue weighted by Crippen LogP contribution is -2.40. The summed E-state index contributed by atoms with van der Waals surface area (Å²) in [6.45, 7) is 10.6. The zero-order chi connectivity index (χ0) is 13.1. The molecule has 3 heteroatoms. The summed E-state index contributed by atoms with van der Waals surface area (Å²) in [4.78, 5) is 5.18. The van der Waals surface area contributed by atoms with Crippen LogP contribution in [0.4, 0.5) is 0 Å². The van der Waals surface area contributed by atoms with Gasteiger partial charge < -0.3 is 10.2 Å². The molecule has 0 bridgehead atoms. The Morgan fingerprint density at radius 2 is 2.11 bits per heavy atom. The van der Waals surface area contributed by atoms with Crippen molar-refractivity contribution in [2.45, 2.75) is 70.6 Å². The maximum atomic E-state index is 3.75. The molecule has 1 N–H and O–H groups in total. The first-order valence-electron chi connectivity index (χ1n) is 7.81. The fourth-order valence-corrected chi connectivity index (χ4v) is 3.10. The van der Waals surface area contributed by atoms with E-state index in [0.717, 1.165) is 24.7 Å². The first-order valence-corrected chi connectivity index (χ1v) is 7.81. The van der Waals surface area contributed by atoms with Crippen molar-refractivity contribution in [2.75, 3.05) is 26.7 Å². The predicted molar refractivity (Wildman–Crippen MR) is 78.0 cm³/mol. The Kier molecular flexibility index (Phi) is 5.05. The minimum Gasteiger partial charge on any atom is -0.311 e. The molecule has 2 rings (SSSR count). The lowest BCUT2D eigenvalue weighted by molar-refractivity contribution is 0.243. The van der Waals surface area contributed by atoms with Gasteiger partial charge in [-0.3, -0.25) is 4.90 Å². The van der Waals surface area contributed by atoms with Crippen molar-refractivity contribution in [1.29, 1.82) is 0 Å². The summed E-state index contributed by atoms with van der Waals surface area (Å²) in [5.41, 5.74) is 0. The highest BCUT2D eigenvalue weighted by atomic mass is 15.3. The average Bonchev–Trinajstić information content (AvgIpc) is 3.13. The van der Waals surface area contributed by atoms with E-state index in [2.05, 4.69) is 42.9 Å². The number of hydrogen-bond acceptors (Lipinski definition) is 3. The summed E-state index contributed by atoms with van der Waals surface area (Å²) in [5, 5.41) is 3.75. The first kappa shape index (κ1) is 14.3. The zero-order valence-electron chi connectivity index (χ0n) is 12.7. The molecule has 18 heavy (non-hydrogen) atoms. The highest BCUT2D eigenvalue weighted by Crippen LogP contribution is 2.33. The summed E-state index contributed by atoms with van der Waals surface area (Å²) in [5.74, 6) is 0. The third-order valence-corrected chi connectivity index (χ3v) is 4.88. The van der Waals surface area contributed by atoms with Crippen molar-refractivity contribution >= 4 is 0 Å². The second-order valence-corrected chi connectivity index (χ2v) is 6.40. The molecule has 0 radical (unpaired) electrons. The molecular formula is C15H31N3. The van der Waals surface area contributed by atoms with Crippen LogP contribution < -0.4 is 5.32 Å². The van der Waals surface area contributed by atoms with Crippen LogP contribution in [0.3, 0.4) is 0 Å². The number of nitrogens with one attached hydrogen (secondary N) is 1.